The molecule has 0 saturated heterocycles. The molecule has 0 spiro atoms. The molecule has 1 atom stereocenters. The van der Waals surface area contributed by atoms with Gasteiger partial charge in [0, 0.05) is 6.42 Å². The molecule has 0 aromatic heterocycles. The first-order valence-corrected chi connectivity index (χ1v) is 3.30. The van der Waals surface area contributed by atoms with Crippen molar-refractivity contribution in [1.82, 2.24) is 0 Å². The van der Waals surface area contributed by atoms with E-state index in [1.165, 1.54) is 6.92 Å². The maximum atomic E-state index is 10.7. The lowest BCUT2D eigenvalue weighted by Gasteiger charge is -2.02. The van der Waals surface area contributed by atoms with E-state index in [0.717, 1.165) is 0 Å². The van der Waals surface area contributed by atoms with Gasteiger partial charge in [0.05, 0.1) is 0 Å². The summed E-state index contributed by atoms with van der Waals surface area (Å²) < 4.78 is 0. The number of ketones is 2. The molecule has 0 saturated carbocycles. The van der Waals surface area contributed by atoms with E-state index in [4.69, 9.17) is 5.11 Å². The zero-order valence-electron chi connectivity index (χ0n) is 6.26. The average Bonchev–Trinajstić information content (AvgIpc) is 1.87. The minimum Gasteiger partial charge on any atom is -0.378 e. The standard InChI is InChI=1S/C7H12O3/c1-3-4-6(9)7(10)5(2)8/h7,10H,3-4H2,1-2H3. The molecule has 0 aromatic rings. The Morgan fingerprint density at radius 1 is 1.50 bits per heavy atom. The lowest BCUT2D eigenvalue weighted by atomic mass is 10.1. The van der Waals surface area contributed by atoms with E-state index < -0.39 is 11.9 Å². The van der Waals surface area contributed by atoms with E-state index >= 15 is 0 Å². The molecule has 10 heavy (non-hydrogen) atoms. The summed E-state index contributed by atoms with van der Waals surface area (Å²) in [5, 5.41) is 8.83. The van der Waals surface area contributed by atoms with Crippen LogP contribution in [0, 0.1) is 0 Å². The second kappa shape index (κ2) is 4.17. The van der Waals surface area contributed by atoms with E-state index in [0.29, 0.717) is 6.42 Å². The van der Waals surface area contributed by atoms with Crippen molar-refractivity contribution in [3.05, 3.63) is 0 Å². The Balaban J connectivity index is 3.82. The van der Waals surface area contributed by atoms with Gasteiger partial charge in [-0.25, -0.2) is 0 Å². The van der Waals surface area contributed by atoms with Crippen molar-refractivity contribution in [2.45, 2.75) is 32.8 Å². The van der Waals surface area contributed by atoms with Crippen molar-refractivity contribution in [3.63, 3.8) is 0 Å². The van der Waals surface area contributed by atoms with Gasteiger partial charge in [-0.1, -0.05) is 6.92 Å². The van der Waals surface area contributed by atoms with Gasteiger partial charge in [-0.15, -0.1) is 0 Å². The number of rotatable bonds is 4. The number of carbonyl (C=O) groups excluding carboxylic acids is 2. The average molecular weight is 144 g/mol. The van der Waals surface area contributed by atoms with Gasteiger partial charge in [-0.3, -0.25) is 9.59 Å². The molecule has 0 rings (SSSR count). The summed E-state index contributed by atoms with van der Waals surface area (Å²) in [6, 6.07) is 0. The Hall–Kier alpha value is -0.700. The summed E-state index contributed by atoms with van der Waals surface area (Å²) in [6.45, 7) is 3.03. The fraction of sp³-hybridized carbons (Fsp3) is 0.714. The largest absolute Gasteiger partial charge is 0.378 e. The monoisotopic (exact) mass is 144 g/mol. The molecule has 1 N–H and O–H groups in total. The Morgan fingerprint density at radius 3 is 2.30 bits per heavy atom. The molecule has 0 bridgehead atoms. The van der Waals surface area contributed by atoms with Crippen molar-refractivity contribution in [1.29, 1.82) is 0 Å². The van der Waals surface area contributed by atoms with Crippen LogP contribution < -0.4 is 0 Å². The Morgan fingerprint density at radius 2 is 2.00 bits per heavy atom. The molecule has 1 unspecified atom stereocenters. The van der Waals surface area contributed by atoms with Crippen LogP contribution in [-0.4, -0.2) is 22.8 Å². The second-order valence-electron chi connectivity index (χ2n) is 2.23. The first-order chi connectivity index (χ1) is 4.59. The van der Waals surface area contributed by atoms with Crippen molar-refractivity contribution in [2.24, 2.45) is 0 Å². The van der Waals surface area contributed by atoms with Gasteiger partial charge in [-0.05, 0) is 13.3 Å². The SMILES string of the molecule is CCCC(=O)C(O)C(C)=O. The minimum absolute atomic E-state index is 0.279. The van der Waals surface area contributed by atoms with Gasteiger partial charge in [-0.2, -0.15) is 0 Å². The van der Waals surface area contributed by atoms with Gasteiger partial charge in [0.1, 0.15) is 0 Å². The molecule has 0 aliphatic carbocycles. The highest BCUT2D eigenvalue weighted by Crippen LogP contribution is 1.95. The van der Waals surface area contributed by atoms with Crippen molar-refractivity contribution < 1.29 is 14.7 Å². The van der Waals surface area contributed by atoms with Crippen LogP contribution >= 0.6 is 0 Å². The van der Waals surface area contributed by atoms with Crippen LogP contribution in [0.3, 0.4) is 0 Å². The lowest BCUT2D eigenvalue weighted by molar-refractivity contribution is -0.137. The molecule has 3 heteroatoms. The molecule has 58 valence electrons. The zero-order valence-corrected chi connectivity index (χ0v) is 6.26. The third-order valence-electron chi connectivity index (χ3n) is 1.19. The van der Waals surface area contributed by atoms with Gasteiger partial charge in [0.15, 0.2) is 17.7 Å². The molecule has 0 radical (unpaired) electrons. The first kappa shape index (κ1) is 9.30. The number of hydrogen-bond donors (Lipinski definition) is 1. The van der Waals surface area contributed by atoms with Crippen LogP contribution in [0.1, 0.15) is 26.7 Å². The van der Waals surface area contributed by atoms with Gasteiger partial charge in [0.2, 0.25) is 0 Å². The molecular formula is C7H12O3. The number of Topliss-reactive ketones (excluding diaryl/α,β-unsaturated/α-hetero) is 2. The van der Waals surface area contributed by atoms with Crippen molar-refractivity contribution in [2.75, 3.05) is 0 Å². The highest BCUT2D eigenvalue weighted by molar-refractivity contribution is 6.03. The molecule has 0 heterocycles. The molecular weight excluding hydrogens is 132 g/mol. The Bertz CT molecular complexity index is 140. The minimum atomic E-state index is -1.39. The smallest absolute Gasteiger partial charge is 0.170 e. The van der Waals surface area contributed by atoms with E-state index in [-0.39, 0.29) is 12.2 Å². The van der Waals surface area contributed by atoms with Crippen LogP contribution in [0.4, 0.5) is 0 Å². The van der Waals surface area contributed by atoms with Gasteiger partial charge < -0.3 is 5.11 Å². The maximum Gasteiger partial charge on any atom is 0.170 e. The zero-order chi connectivity index (χ0) is 8.15. The fourth-order valence-electron chi connectivity index (χ4n) is 0.610. The number of carbonyl (C=O) groups is 2. The van der Waals surface area contributed by atoms with Crippen LogP contribution in [-0.2, 0) is 9.59 Å². The Kier molecular flexibility index (Phi) is 3.88. The lowest BCUT2D eigenvalue weighted by Crippen LogP contribution is -2.27. The first-order valence-electron chi connectivity index (χ1n) is 3.30. The summed E-state index contributed by atoms with van der Waals surface area (Å²) in [6.07, 6.45) is -0.441. The molecule has 0 fully saturated rings. The highest BCUT2D eigenvalue weighted by atomic mass is 16.3. The van der Waals surface area contributed by atoms with Gasteiger partial charge in [0.25, 0.3) is 0 Å². The fourth-order valence-corrected chi connectivity index (χ4v) is 0.610. The van der Waals surface area contributed by atoms with Gasteiger partial charge >= 0.3 is 0 Å². The highest BCUT2D eigenvalue weighted by Gasteiger charge is 2.17. The van der Waals surface area contributed by atoms with E-state index in [2.05, 4.69) is 0 Å². The van der Waals surface area contributed by atoms with E-state index in [9.17, 15) is 9.59 Å². The quantitative estimate of drug-likeness (QED) is 0.577. The van der Waals surface area contributed by atoms with E-state index in [1.807, 2.05) is 6.92 Å². The Labute approximate surface area is 60.0 Å². The van der Waals surface area contributed by atoms with Crippen molar-refractivity contribution in [3.8, 4) is 0 Å². The predicted octanol–water partition coefficient (Wildman–Crippen LogP) is 0.305. The third kappa shape index (κ3) is 2.73. The maximum absolute atomic E-state index is 10.7. The molecule has 0 aromatic carbocycles. The van der Waals surface area contributed by atoms with Crippen LogP contribution in [0.2, 0.25) is 0 Å². The van der Waals surface area contributed by atoms with Crippen molar-refractivity contribution >= 4 is 11.6 Å². The van der Waals surface area contributed by atoms with Crippen LogP contribution in [0.5, 0.6) is 0 Å². The number of aliphatic hydroxyl groups is 1. The predicted molar refractivity (Wildman–Crippen MR) is 36.6 cm³/mol. The van der Waals surface area contributed by atoms with E-state index in [1.54, 1.807) is 0 Å². The summed E-state index contributed by atoms with van der Waals surface area (Å²) in [7, 11) is 0. The normalized spacial score (nSPS) is 12.7. The summed E-state index contributed by atoms with van der Waals surface area (Å²) in [4.78, 5) is 21.1. The number of aliphatic hydroxyl groups excluding tert-OH is 1. The molecule has 3 nitrogen and oxygen atoms in total. The molecule has 0 amide bonds. The third-order valence-corrected chi connectivity index (χ3v) is 1.19. The number of hydrogen-bond acceptors (Lipinski definition) is 3. The topological polar surface area (TPSA) is 54.4 Å². The van der Waals surface area contributed by atoms with Crippen LogP contribution in [0.15, 0.2) is 0 Å². The summed E-state index contributed by atoms with van der Waals surface area (Å²) in [5.74, 6) is -0.853. The molecule has 0 aliphatic rings. The summed E-state index contributed by atoms with van der Waals surface area (Å²) >= 11 is 0. The van der Waals surface area contributed by atoms with Crippen LogP contribution in [0.25, 0.3) is 0 Å². The summed E-state index contributed by atoms with van der Waals surface area (Å²) in [5.41, 5.74) is 0. The molecule has 0 aliphatic heterocycles. The second-order valence-corrected chi connectivity index (χ2v) is 2.23.